The third-order valence-electron chi connectivity index (χ3n) is 5.68. The highest BCUT2D eigenvalue weighted by atomic mass is 79.9. The first-order valence-corrected chi connectivity index (χ1v) is 12.6. The number of anilines is 1. The van der Waals surface area contributed by atoms with Gasteiger partial charge in [-0.15, -0.1) is 0 Å². The molecule has 8 heteroatoms. The third kappa shape index (κ3) is 5.89. The minimum absolute atomic E-state index is 0.188. The number of halogens is 1. The summed E-state index contributed by atoms with van der Waals surface area (Å²) < 4.78 is 12.2. The number of benzene rings is 3. The van der Waals surface area contributed by atoms with Crippen molar-refractivity contribution in [2.75, 3.05) is 11.9 Å². The predicted molar refractivity (Wildman–Crippen MR) is 147 cm³/mol. The lowest BCUT2D eigenvalue weighted by Crippen LogP contribution is -2.34. The predicted octanol–water partition coefficient (Wildman–Crippen LogP) is 7.30. The summed E-state index contributed by atoms with van der Waals surface area (Å²) in [5, 5.41) is 5.95. The van der Waals surface area contributed by atoms with Crippen LogP contribution in [0, 0.1) is 0 Å². The molecule has 1 aromatic heterocycles. The second-order valence-corrected chi connectivity index (χ2v) is 9.39. The molecule has 6 nitrogen and oxygen atoms in total. The van der Waals surface area contributed by atoms with E-state index in [9.17, 15) is 4.79 Å². The Hall–Kier alpha value is -3.23. The Morgan fingerprint density at radius 2 is 1.97 bits per heavy atom. The second kappa shape index (κ2) is 11.0. The standard InChI is InChI=1S/C27H26BrN3O3S/c1-4-16(3)17-9-12-24-22(15-17)30-26(34-24)19-7-6-8-20(13-19)29-27(35)31-25(32)18-10-11-23(33-5-2)21(28)14-18/h6-16H,4-5H2,1-3H3,(H2,29,31,32,35). The maximum absolute atomic E-state index is 12.6. The Bertz CT molecular complexity index is 1390. The van der Waals surface area contributed by atoms with Crippen molar-refractivity contribution >= 4 is 56.0 Å². The molecule has 1 heterocycles. The van der Waals surface area contributed by atoms with Gasteiger partial charge in [-0.25, -0.2) is 4.98 Å². The van der Waals surface area contributed by atoms with Gasteiger partial charge < -0.3 is 14.5 Å². The molecule has 1 unspecified atom stereocenters. The van der Waals surface area contributed by atoms with Crippen LogP contribution in [0.1, 0.15) is 49.0 Å². The first-order chi connectivity index (χ1) is 16.9. The fourth-order valence-electron chi connectivity index (χ4n) is 3.59. The monoisotopic (exact) mass is 551 g/mol. The number of thiocarbonyl (C=S) groups is 1. The molecule has 0 aliphatic carbocycles. The molecule has 4 rings (SSSR count). The molecular formula is C27H26BrN3O3S. The number of carbonyl (C=O) groups is 1. The van der Waals surface area contributed by atoms with Crippen LogP contribution in [0.2, 0.25) is 0 Å². The fraction of sp³-hybridized carbons (Fsp3) is 0.222. The zero-order valence-corrected chi connectivity index (χ0v) is 22.1. The Morgan fingerprint density at radius 1 is 1.14 bits per heavy atom. The minimum Gasteiger partial charge on any atom is -0.493 e. The van der Waals surface area contributed by atoms with Gasteiger partial charge >= 0.3 is 0 Å². The minimum atomic E-state index is -0.321. The highest BCUT2D eigenvalue weighted by molar-refractivity contribution is 9.10. The third-order valence-corrected chi connectivity index (χ3v) is 6.51. The van der Waals surface area contributed by atoms with Crippen LogP contribution in [0.5, 0.6) is 5.75 Å². The number of aromatic nitrogens is 1. The van der Waals surface area contributed by atoms with Crippen LogP contribution >= 0.6 is 28.1 Å². The number of fused-ring (bicyclic) bond motifs is 1. The number of rotatable bonds is 7. The molecule has 0 fully saturated rings. The van der Waals surface area contributed by atoms with Crippen molar-refractivity contribution in [2.24, 2.45) is 0 Å². The van der Waals surface area contributed by atoms with Crippen LogP contribution in [0.3, 0.4) is 0 Å². The molecule has 1 atom stereocenters. The topological polar surface area (TPSA) is 76.4 Å². The van der Waals surface area contributed by atoms with E-state index in [1.807, 2.05) is 37.3 Å². The van der Waals surface area contributed by atoms with E-state index in [0.29, 0.717) is 39.9 Å². The Kier molecular flexibility index (Phi) is 7.83. The molecular weight excluding hydrogens is 526 g/mol. The highest BCUT2D eigenvalue weighted by Gasteiger charge is 2.13. The fourth-order valence-corrected chi connectivity index (χ4v) is 4.30. The molecule has 0 radical (unpaired) electrons. The van der Waals surface area contributed by atoms with Gasteiger partial charge in [0.2, 0.25) is 5.89 Å². The zero-order valence-electron chi connectivity index (χ0n) is 19.7. The van der Waals surface area contributed by atoms with E-state index >= 15 is 0 Å². The molecule has 0 spiro atoms. The normalized spacial score (nSPS) is 11.8. The summed E-state index contributed by atoms with van der Waals surface area (Å²) in [6, 6.07) is 18.8. The highest BCUT2D eigenvalue weighted by Crippen LogP contribution is 2.29. The maximum Gasteiger partial charge on any atom is 0.257 e. The van der Waals surface area contributed by atoms with E-state index in [-0.39, 0.29) is 11.0 Å². The summed E-state index contributed by atoms with van der Waals surface area (Å²) in [7, 11) is 0. The van der Waals surface area contributed by atoms with Gasteiger partial charge in [-0.3, -0.25) is 10.1 Å². The van der Waals surface area contributed by atoms with Gasteiger partial charge in [0.1, 0.15) is 11.3 Å². The molecule has 0 aliphatic heterocycles. The van der Waals surface area contributed by atoms with Crippen molar-refractivity contribution in [3.8, 4) is 17.2 Å². The first-order valence-electron chi connectivity index (χ1n) is 11.4. The number of oxazole rings is 1. The average Bonchev–Trinajstić information content (AvgIpc) is 3.28. The summed E-state index contributed by atoms with van der Waals surface area (Å²) in [6.07, 6.45) is 1.07. The molecule has 2 N–H and O–H groups in total. The van der Waals surface area contributed by atoms with Gasteiger partial charge in [-0.1, -0.05) is 26.0 Å². The van der Waals surface area contributed by atoms with Crippen LogP contribution in [-0.4, -0.2) is 22.6 Å². The van der Waals surface area contributed by atoms with E-state index in [4.69, 9.17) is 21.4 Å². The number of amides is 1. The van der Waals surface area contributed by atoms with Gasteiger partial charge in [0.15, 0.2) is 10.7 Å². The lowest BCUT2D eigenvalue weighted by molar-refractivity contribution is 0.0977. The maximum atomic E-state index is 12.6. The van der Waals surface area contributed by atoms with Crippen molar-refractivity contribution in [3.63, 3.8) is 0 Å². The number of nitrogens with zero attached hydrogens (tertiary/aromatic N) is 1. The van der Waals surface area contributed by atoms with Crippen molar-refractivity contribution in [1.29, 1.82) is 0 Å². The lowest BCUT2D eigenvalue weighted by atomic mass is 9.98. The summed E-state index contributed by atoms with van der Waals surface area (Å²) in [6.45, 7) is 6.82. The largest absolute Gasteiger partial charge is 0.493 e. The number of hydrogen-bond acceptors (Lipinski definition) is 5. The molecule has 0 bridgehead atoms. The van der Waals surface area contributed by atoms with Crippen LogP contribution in [0.25, 0.3) is 22.6 Å². The van der Waals surface area contributed by atoms with Crippen molar-refractivity contribution in [1.82, 2.24) is 10.3 Å². The SMILES string of the molecule is CCOc1ccc(C(=O)NC(=S)Nc2cccc(-c3nc4cc(C(C)CC)ccc4o3)c2)cc1Br. The smallest absolute Gasteiger partial charge is 0.257 e. The average molecular weight is 552 g/mol. The van der Waals surface area contributed by atoms with Crippen LogP contribution in [-0.2, 0) is 0 Å². The number of carbonyl (C=O) groups excluding carboxylic acids is 1. The molecule has 180 valence electrons. The van der Waals surface area contributed by atoms with Crippen molar-refractivity contribution in [3.05, 3.63) is 76.3 Å². The molecule has 3 aromatic carbocycles. The molecule has 0 saturated carbocycles. The number of ether oxygens (including phenoxy) is 1. The number of nitrogens with one attached hydrogen (secondary N) is 2. The Balaban J connectivity index is 1.46. The summed E-state index contributed by atoms with van der Waals surface area (Å²) in [5.41, 5.74) is 4.80. The molecule has 4 aromatic rings. The Morgan fingerprint density at radius 3 is 2.71 bits per heavy atom. The van der Waals surface area contributed by atoms with Gasteiger partial charge in [0.25, 0.3) is 5.91 Å². The van der Waals surface area contributed by atoms with Crippen molar-refractivity contribution in [2.45, 2.75) is 33.1 Å². The first kappa shape index (κ1) is 24.9. The van der Waals surface area contributed by atoms with Gasteiger partial charge in [0, 0.05) is 16.8 Å². The molecule has 0 saturated heterocycles. The molecule has 35 heavy (non-hydrogen) atoms. The second-order valence-electron chi connectivity index (χ2n) is 8.12. The van der Waals surface area contributed by atoms with E-state index in [0.717, 1.165) is 23.1 Å². The molecule has 1 amide bonds. The van der Waals surface area contributed by atoms with Gasteiger partial charge in [-0.05, 0) is 102 Å². The van der Waals surface area contributed by atoms with Crippen LogP contribution < -0.4 is 15.4 Å². The van der Waals surface area contributed by atoms with Crippen molar-refractivity contribution < 1.29 is 13.9 Å². The summed E-state index contributed by atoms with van der Waals surface area (Å²) in [4.78, 5) is 17.3. The van der Waals surface area contributed by atoms with E-state index in [1.165, 1.54) is 5.56 Å². The lowest BCUT2D eigenvalue weighted by Gasteiger charge is -2.11. The van der Waals surface area contributed by atoms with Gasteiger partial charge in [0.05, 0.1) is 11.1 Å². The summed E-state index contributed by atoms with van der Waals surface area (Å²) in [5.74, 6) is 1.35. The summed E-state index contributed by atoms with van der Waals surface area (Å²) >= 11 is 8.78. The number of hydrogen-bond donors (Lipinski definition) is 2. The van der Waals surface area contributed by atoms with Crippen LogP contribution in [0.4, 0.5) is 5.69 Å². The van der Waals surface area contributed by atoms with E-state index in [2.05, 4.69) is 57.5 Å². The van der Waals surface area contributed by atoms with Gasteiger partial charge in [-0.2, -0.15) is 0 Å². The van der Waals surface area contributed by atoms with Crippen LogP contribution in [0.15, 0.2) is 69.6 Å². The molecule has 0 aliphatic rings. The van der Waals surface area contributed by atoms with E-state index < -0.39 is 0 Å². The zero-order chi connectivity index (χ0) is 24.9. The quantitative estimate of drug-likeness (QED) is 0.235. The Labute approximate surface area is 218 Å². The van der Waals surface area contributed by atoms with E-state index in [1.54, 1.807) is 18.2 Å².